The van der Waals surface area contributed by atoms with E-state index in [1.807, 2.05) is 18.9 Å². The number of carboxylic acid groups (broad SMARTS) is 1. The summed E-state index contributed by atoms with van der Waals surface area (Å²) < 4.78 is 5.87. The quantitative estimate of drug-likeness (QED) is 0.824. The lowest BCUT2D eigenvalue weighted by Gasteiger charge is -2.63. The van der Waals surface area contributed by atoms with Gasteiger partial charge in [-0.05, 0) is 50.3 Å². The Morgan fingerprint density at radius 1 is 1.28 bits per heavy atom. The molecule has 0 aromatic heterocycles. The highest BCUT2D eigenvalue weighted by molar-refractivity contribution is 5.87. The molecule has 0 radical (unpaired) electrons. The molecule has 2 aliphatic carbocycles. The Morgan fingerprint density at radius 3 is 2.48 bits per heavy atom. The first kappa shape index (κ1) is 17.9. The zero-order valence-corrected chi connectivity index (χ0v) is 15.0. The minimum atomic E-state index is -0.929. The highest BCUT2D eigenvalue weighted by atomic mass is 16.5. The Hall–Kier alpha value is -1.88. The molecule has 2 unspecified atom stereocenters. The molecule has 2 atom stereocenters. The van der Waals surface area contributed by atoms with E-state index >= 15 is 0 Å². The molecular weight excluding hydrogens is 318 g/mol. The molecule has 0 heterocycles. The van der Waals surface area contributed by atoms with Crippen molar-refractivity contribution in [3.8, 4) is 0 Å². The van der Waals surface area contributed by atoms with Crippen LogP contribution in [-0.4, -0.2) is 47.7 Å². The Kier molecular flexibility index (Phi) is 5.13. The summed E-state index contributed by atoms with van der Waals surface area (Å²) in [4.78, 5) is 25.4. The minimum Gasteiger partial charge on any atom is -0.478 e. The van der Waals surface area contributed by atoms with Crippen molar-refractivity contribution in [3.05, 3.63) is 35.4 Å². The molecule has 1 N–H and O–H groups in total. The van der Waals surface area contributed by atoms with E-state index in [-0.39, 0.29) is 16.9 Å². The summed E-state index contributed by atoms with van der Waals surface area (Å²) in [6, 6.07) is 7.07. The van der Waals surface area contributed by atoms with Gasteiger partial charge in [-0.3, -0.25) is 4.79 Å². The van der Waals surface area contributed by atoms with Gasteiger partial charge in [0.25, 0.3) is 0 Å². The normalized spacial score (nSPS) is 23.6. The van der Waals surface area contributed by atoms with E-state index in [4.69, 9.17) is 9.84 Å². The van der Waals surface area contributed by atoms with Crippen molar-refractivity contribution in [1.29, 1.82) is 0 Å². The summed E-state index contributed by atoms with van der Waals surface area (Å²) in [6.45, 7) is 2.77. The first-order valence-corrected chi connectivity index (χ1v) is 9.17. The fraction of sp³-hybridized carbons (Fsp3) is 0.600. The number of carboxylic acids is 1. The Balaban J connectivity index is 1.54. The van der Waals surface area contributed by atoms with Crippen LogP contribution in [0.15, 0.2) is 24.3 Å². The Labute approximate surface area is 149 Å². The van der Waals surface area contributed by atoms with Gasteiger partial charge in [-0.2, -0.15) is 0 Å². The number of hydrogen-bond donors (Lipinski definition) is 1. The summed E-state index contributed by atoms with van der Waals surface area (Å²) in [5.41, 5.74) is 1.46. The molecule has 0 bridgehead atoms. The number of rotatable bonds is 7. The number of aryl methyl sites for hydroxylation is 1. The van der Waals surface area contributed by atoms with Gasteiger partial charge < -0.3 is 14.7 Å². The summed E-state index contributed by atoms with van der Waals surface area (Å²) in [6.07, 6.45) is 5.91. The molecular formula is C20H27NO4. The van der Waals surface area contributed by atoms with Gasteiger partial charge in [-0.25, -0.2) is 4.79 Å². The smallest absolute Gasteiger partial charge is 0.335 e. The second kappa shape index (κ2) is 7.16. The lowest BCUT2D eigenvalue weighted by Crippen LogP contribution is -2.67. The molecule has 136 valence electrons. The van der Waals surface area contributed by atoms with E-state index in [1.54, 1.807) is 24.3 Å². The molecule has 1 amide bonds. The molecule has 3 rings (SSSR count). The first-order chi connectivity index (χ1) is 12.0. The molecule has 0 saturated heterocycles. The summed E-state index contributed by atoms with van der Waals surface area (Å²) in [5, 5.41) is 8.93. The van der Waals surface area contributed by atoms with Crippen molar-refractivity contribution in [2.75, 3.05) is 13.7 Å². The number of carbonyl (C=O) groups excluding carboxylic acids is 1. The monoisotopic (exact) mass is 345 g/mol. The number of ether oxygens (including phenoxy) is 1. The molecule has 25 heavy (non-hydrogen) atoms. The average Bonchev–Trinajstić information content (AvgIpc) is 2.54. The van der Waals surface area contributed by atoms with Crippen LogP contribution in [0.1, 0.15) is 54.9 Å². The van der Waals surface area contributed by atoms with Crippen molar-refractivity contribution in [2.24, 2.45) is 5.41 Å². The minimum absolute atomic E-state index is 0.161. The maximum absolute atomic E-state index is 12.6. The van der Waals surface area contributed by atoms with Gasteiger partial charge in [0.1, 0.15) is 0 Å². The predicted molar refractivity (Wildman–Crippen MR) is 94.6 cm³/mol. The fourth-order valence-corrected chi connectivity index (χ4v) is 4.36. The molecule has 1 aromatic rings. The topological polar surface area (TPSA) is 66.8 Å². The molecule has 1 spiro atoms. The third-order valence-electron chi connectivity index (χ3n) is 6.08. The third-order valence-corrected chi connectivity index (χ3v) is 6.08. The number of hydrogen-bond acceptors (Lipinski definition) is 3. The first-order valence-electron chi connectivity index (χ1n) is 9.17. The third kappa shape index (κ3) is 3.30. The van der Waals surface area contributed by atoms with Crippen LogP contribution in [0.25, 0.3) is 0 Å². The average molecular weight is 345 g/mol. The van der Waals surface area contributed by atoms with Crippen LogP contribution in [0.3, 0.4) is 0 Å². The molecule has 2 saturated carbocycles. The van der Waals surface area contributed by atoms with Crippen LogP contribution in [0.2, 0.25) is 0 Å². The predicted octanol–water partition coefficient (Wildman–Crippen LogP) is 3.12. The zero-order chi connectivity index (χ0) is 18.0. The number of amides is 1. The van der Waals surface area contributed by atoms with E-state index in [1.165, 1.54) is 6.42 Å². The van der Waals surface area contributed by atoms with Gasteiger partial charge >= 0.3 is 5.97 Å². The largest absolute Gasteiger partial charge is 0.478 e. The van der Waals surface area contributed by atoms with E-state index in [0.29, 0.717) is 25.0 Å². The van der Waals surface area contributed by atoms with Gasteiger partial charge in [0, 0.05) is 31.5 Å². The lowest BCUT2D eigenvalue weighted by molar-refractivity contribution is -0.202. The van der Waals surface area contributed by atoms with E-state index in [0.717, 1.165) is 31.4 Å². The van der Waals surface area contributed by atoms with Gasteiger partial charge in [-0.1, -0.05) is 18.6 Å². The molecule has 5 nitrogen and oxygen atoms in total. The Bertz CT molecular complexity index is 636. The summed E-state index contributed by atoms with van der Waals surface area (Å²) in [5.74, 6) is -0.768. The molecule has 1 aromatic carbocycles. The van der Waals surface area contributed by atoms with E-state index < -0.39 is 5.97 Å². The summed E-state index contributed by atoms with van der Waals surface area (Å²) >= 11 is 0. The van der Waals surface area contributed by atoms with E-state index in [9.17, 15) is 9.59 Å². The number of carbonyl (C=O) groups is 2. The fourth-order valence-electron chi connectivity index (χ4n) is 4.36. The number of nitrogens with zero attached hydrogens (tertiary/aromatic N) is 1. The van der Waals surface area contributed by atoms with Crippen molar-refractivity contribution < 1.29 is 19.4 Å². The molecule has 2 aliphatic rings. The number of aromatic carboxylic acids is 1. The second-order valence-corrected chi connectivity index (χ2v) is 7.29. The SMILES string of the molecule is CCOC1CC(N(C)C(=O)CCc2ccc(C(=O)O)cc2)C12CCC2. The van der Waals surface area contributed by atoms with Crippen molar-refractivity contribution in [2.45, 2.75) is 57.6 Å². The standard InChI is InChI=1S/C20H27NO4/c1-3-25-17-13-16(20(17)11-4-12-20)21(2)18(22)10-7-14-5-8-15(9-6-14)19(23)24/h5-6,8-9,16-17H,3-4,7,10-13H2,1-2H3,(H,23,24). The van der Waals surface area contributed by atoms with Crippen molar-refractivity contribution in [3.63, 3.8) is 0 Å². The highest BCUT2D eigenvalue weighted by Gasteiger charge is 2.60. The van der Waals surface area contributed by atoms with Gasteiger partial charge in [0.2, 0.25) is 5.91 Å². The van der Waals surface area contributed by atoms with E-state index in [2.05, 4.69) is 0 Å². The lowest BCUT2D eigenvalue weighted by atomic mass is 9.50. The van der Waals surface area contributed by atoms with Crippen molar-refractivity contribution in [1.82, 2.24) is 4.90 Å². The van der Waals surface area contributed by atoms with Crippen LogP contribution in [-0.2, 0) is 16.0 Å². The second-order valence-electron chi connectivity index (χ2n) is 7.29. The van der Waals surface area contributed by atoms with Gasteiger partial charge in [0.05, 0.1) is 11.7 Å². The highest BCUT2D eigenvalue weighted by Crippen LogP contribution is 2.58. The van der Waals surface area contributed by atoms with Crippen LogP contribution in [0, 0.1) is 5.41 Å². The summed E-state index contributed by atoms with van der Waals surface area (Å²) in [7, 11) is 1.92. The maximum atomic E-state index is 12.6. The number of benzene rings is 1. The van der Waals surface area contributed by atoms with Gasteiger partial charge in [0.15, 0.2) is 0 Å². The van der Waals surface area contributed by atoms with Crippen LogP contribution in [0.5, 0.6) is 0 Å². The zero-order valence-electron chi connectivity index (χ0n) is 15.0. The van der Waals surface area contributed by atoms with Crippen molar-refractivity contribution >= 4 is 11.9 Å². The van der Waals surface area contributed by atoms with Crippen LogP contribution < -0.4 is 0 Å². The van der Waals surface area contributed by atoms with Crippen LogP contribution in [0.4, 0.5) is 0 Å². The Morgan fingerprint density at radius 2 is 1.96 bits per heavy atom. The van der Waals surface area contributed by atoms with Gasteiger partial charge in [-0.15, -0.1) is 0 Å². The molecule has 2 fully saturated rings. The molecule has 0 aliphatic heterocycles. The maximum Gasteiger partial charge on any atom is 0.335 e. The molecule has 5 heteroatoms. The van der Waals surface area contributed by atoms with Crippen LogP contribution >= 0.6 is 0 Å².